The van der Waals surface area contributed by atoms with Crippen LogP contribution >= 0.6 is 22.9 Å². The van der Waals surface area contributed by atoms with E-state index in [-0.39, 0.29) is 11.6 Å². The number of amides is 2. The van der Waals surface area contributed by atoms with E-state index in [1.165, 1.54) is 11.3 Å². The zero-order valence-corrected chi connectivity index (χ0v) is 15.2. The van der Waals surface area contributed by atoms with Crippen molar-refractivity contribution < 1.29 is 9.59 Å². The molecule has 2 aromatic rings. The van der Waals surface area contributed by atoms with E-state index in [0.29, 0.717) is 10.2 Å². The van der Waals surface area contributed by atoms with Crippen LogP contribution in [-0.4, -0.2) is 16.8 Å². The second-order valence-corrected chi connectivity index (χ2v) is 7.44. The van der Waals surface area contributed by atoms with Crippen molar-refractivity contribution in [3.05, 3.63) is 52.1 Å². The Kier molecular flexibility index (Phi) is 5.75. The summed E-state index contributed by atoms with van der Waals surface area (Å²) in [4.78, 5) is 28.8. The predicted molar refractivity (Wildman–Crippen MR) is 97.8 cm³/mol. The molecule has 1 aromatic heterocycles. The summed E-state index contributed by atoms with van der Waals surface area (Å²) in [6.45, 7) is 5.34. The zero-order valence-electron chi connectivity index (χ0n) is 13.6. The van der Waals surface area contributed by atoms with Crippen LogP contribution in [0.5, 0.6) is 0 Å². The van der Waals surface area contributed by atoms with Gasteiger partial charge in [-0.05, 0) is 23.8 Å². The smallest absolute Gasteiger partial charge is 0.273 e. The first-order valence-electron chi connectivity index (χ1n) is 7.25. The van der Waals surface area contributed by atoms with Crippen molar-refractivity contribution in [1.29, 1.82) is 0 Å². The molecule has 0 saturated carbocycles. The van der Waals surface area contributed by atoms with Gasteiger partial charge in [-0.3, -0.25) is 14.9 Å². The predicted octanol–water partition coefficient (Wildman–Crippen LogP) is 3.94. The van der Waals surface area contributed by atoms with Gasteiger partial charge in [0.2, 0.25) is 5.91 Å². The molecule has 0 atom stereocenters. The fourth-order valence-electron chi connectivity index (χ4n) is 1.64. The summed E-state index contributed by atoms with van der Waals surface area (Å²) < 4.78 is 0. The number of hydrogen-bond acceptors (Lipinski definition) is 4. The van der Waals surface area contributed by atoms with Crippen LogP contribution < -0.4 is 10.6 Å². The van der Waals surface area contributed by atoms with Crippen LogP contribution in [0.15, 0.2) is 41.5 Å². The lowest BCUT2D eigenvalue weighted by Gasteiger charge is -2.19. The molecule has 0 aliphatic heterocycles. The second kappa shape index (κ2) is 7.59. The first kappa shape index (κ1) is 18.2. The fraction of sp³-hybridized carbons (Fsp3) is 0.235. The molecule has 0 bridgehead atoms. The van der Waals surface area contributed by atoms with Gasteiger partial charge in [0.05, 0.1) is 0 Å². The van der Waals surface area contributed by atoms with Crippen molar-refractivity contribution in [3.8, 4) is 0 Å². The van der Waals surface area contributed by atoms with Crippen molar-refractivity contribution >= 4 is 46.0 Å². The number of carbonyl (C=O) groups is 2. The molecule has 2 rings (SSSR count). The van der Waals surface area contributed by atoms with Crippen LogP contribution in [0.25, 0.3) is 6.08 Å². The summed E-state index contributed by atoms with van der Waals surface area (Å²) in [5.74, 6) is -0.686. The van der Waals surface area contributed by atoms with E-state index in [4.69, 9.17) is 11.6 Å². The molecule has 0 aliphatic carbocycles. The molecule has 126 valence electrons. The Morgan fingerprint density at radius 3 is 2.42 bits per heavy atom. The molecule has 0 unspecified atom stereocenters. The van der Waals surface area contributed by atoms with Crippen molar-refractivity contribution in [2.75, 3.05) is 5.32 Å². The molecule has 0 fully saturated rings. The zero-order chi connectivity index (χ0) is 17.7. The molecule has 0 radical (unpaired) electrons. The molecular formula is C17H18ClN3O2S. The van der Waals surface area contributed by atoms with E-state index in [1.807, 2.05) is 0 Å². The molecule has 1 heterocycles. The van der Waals surface area contributed by atoms with Gasteiger partial charge in [0.25, 0.3) is 5.91 Å². The first-order chi connectivity index (χ1) is 11.3. The van der Waals surface area contributed by atoms with Gasteiger partial charge in [-0.25, -0.2) is 4.98 Å². The lowest BCUT2D eigenvalue weighted by atomic mass is 9.95. The van der Waals surface area contributed by atoms with Gasteiger partial charge in [-0.15, -0.1) is 11.3 Å². The van der Waals surface area contributed by atoms with Gasteiger partial charge in [-0.1, -0.05) is 44.5 Å². The monoisotopic (exact) mass is 363 g/mol. The number of nitrogens with zero attached hydrogens (tertiary/aromatic N) is 1. The van der Waals surface area contributed by atoms with Gasteiger partial charge in [-0.2, -0.15) is 0 Å². The van der Waals surface area contributed by atoms with Crippen molar-refractivity contribution in [3.63, 3.8) is 0 Å². The maximum Gasteiger partial charge on any atom is 0.273 e. The molecule has 7 heteroatoms. The number of hydrogen-bond donors (Lipinski definition) is 2. The number of thiazole rings is 1. The number of nitrogens with one attached hydrogen (secondary N) is 2. The Labute approximate surface area is 149 Å². The van der Waals surface area contributed by atoms with Gasteiger partial charge in [0, 0.05) is 22.0 Å². The normalized spacial score (nSPS) is 11.9. The fourth-order valence-corrected chi connectivity index (χ4v) is 2.29. The molecule has 5 nitrogen and oxygen atoms in total. The van der Waals surface area contributed by atoms with Crippen molar-refractivity contribution in [1.82, 2.24) is 10.3 Å². The Hall–Kier alpha value is -2.18. The molecule has 2 N–H and O–H groups in total. The first-order valence-corrected chi connectivity index (χ1v) is 8.51. The quantitative estimate of drug-likeness (QED) is 0.808. The van der Waals surface area contributed by atoms with Crippen LogP contribution in [0.4, 0.5) is 5.13 Å². The topological polar surface area (TPSA) is 71.1 Å². The van der Waals surface area contributed by atoms with Crippen LogP contribution in [-0.2, 0) is 9.59 Å². The maximum absolute atomic E-state index is 12.5. The Morgan fingerprint density at radius 2 is 1.88 bits per heavy atom. The number of benzene rings is 1. The third-order valence-electron chi connectivity index (χ3n) is 3.01. The highest BCUT2D eigenvalue weighted by Crippen LogP contribution is 2.17. The van der Waals surface area contributed by atoms with Crippen LogP contribution in [0.3, 0.4) is 0 Å². The van der Waals surface area contributed by atoms with E-state index in [0.717, 1.165) is 5.56 Å². The van der Waals surface area contributed by atoms with Crippen molar-refractivity contribution in [2.24, 2.45) is 5.41 Å². The second-order valence-electron chi connectivity index (χ2n) is 6.11. The Morgan fingerprint density at radius 1 is 1.21 bits per heavy atom. The number of aromatic nitrogens is 1. The summed E-state index contributed by atoms with van der Waals surface area (Å²) in [6, 6.07) is 6.97. The molecule has 1 aromatic carbocycles. The maximum atomic E-state index is 12.5. The molecular weight excluding hydrogens is 346 g/mol. The Balaban J connectivity index is 2.28. The summed E-state index contributed by atoms with van der Waals surface area (Å²) >= 11 is 7.17. The minimum Gasteiger partial charge on any atom is -0.321 e. The minimum atomic E-state index is -0.624. The summed E-state index contributed by atoms with van der Waals surface area (Å²) in [7, 11) is 0. The van der Waals surface area contributed by atoms with Gasteiger partial charge in [0.1, 0.15) is 5.70 Å². The van der Waals surface area contributed by atoms with Crippen LogP contribution in [0.1, 0.15) is 26.3 Å². The average molecular weight is 364 g/mol. The lowest BCUT2D eigenvalue weighted by molar-refractivity contribution is -0.128. The van der Waals surface area contributed by atoms with Crippen molar-refractivity contribution in [2.45, 2.75) is 20.8 Å². The third-order valence-corrected chi connectivity index (χ3v) is 3.95. The molecule has 2 amide bonds. The number of anilines is 1. The number of carbonyl (C=O) groups excluding carboxylic acids is 2. The van der Waals surface area contributed by atoms with Crippen LogP contribution in [0.2, 0.25) is 5.02 Å². The minimum absolute atomic E-state index is 0.146. The van der Waals surface area contributed by atoms with Gasteiger partial charge in [0.15, 0.2) is 5.13 Å². The standard InChI is InChI=1S/C17H18ClN3O2S/c1-17(2,3)15(23)20-13(10-11-4-6-12(18)7-5-11)14(22)21-16-19-8-9-24-16/h4-10H,1-3H3,(H,20,23)(H,19,21,22)/b13-10+. The molecule has 24 heavy (non-hydrogen) atoms. The average Bonchev–Trinajstić information content (AvgIpc) is 3.00. The summed E-state index contributed by atoms with van der Waals surface area (Å²) in [5.41, 5.74) is 0.269. The van der Waals surface area contributed by atoms with Gasteiger partial charge >= 0.3 is 0 Å². The molecule has 0 spiro atoms. The molecule has 0 saturated heterocycles. The summed E-state index contributed by atoms with van der Waals surface area (Å²) in [6.07, 6.45) is 3.19. The van der Waals surface area contributed by atoms with Crippen LogP contribution in [0, 0.1) is 5.41 Å². The summed E-state index contributed by atoms with van der Waals surface area (Å²) in [5, 5.41) is 8.17. The van der Waals surface area contributed by atoms with E-state index in [1.54, 1.807) is 62.7 Å². The number of rotatable bonds is 4. The van der Waals surface area contributed by atoms with E-state index in [9.17, 15) is 9.59 Å². The highest BCUT2D eigenvalue weighted by Gasteiger charge is 2.24. The van der Waals surface area contributed by atoms with Gasteiger partial charge < -0.3 is 5.32 Å². The molecule has 0 aliphatic rings. The number of halogens is 1. The van der Waals surface area contributed by atoms with E-state index < -0.39 is 11.3 Å². The highest BCUT2D eigenvalue weighted by atomic mass is 35.5. The largest absolute Gasteiger partial charge is 0.321 e. The third kappa shape index (κ3) is 5.18. The highest BCUT2D eigenvalue weighted by molar-refractivity contribution is 7.13. The SMILES string of the molecule is CC(C)(C)C(=O)N/C(=C/c1ccc(Cl)cc1)C(=O)Nc1nccs1. The lowest BCUT2D eigenvalue weighted by Crippen LogP contribution is -2.38. The van der Waals surface area contributed by atoms with E-state index in [2.05, 4.69) is 15.6 Å². The Bertz CT molecular complexity index is 747. The van der Waals surface area contributed by atoms with E-state index >= 15 is 0 Å².